The van der Waals surface area contributed by atoms with Gasteiger partial charge in [0.2, 0.25) is 10.0 Å². The first-order chi connectivity index (χ1) is 11.9. The summed E-state index contributed by atoms with van der Waals surface area (Å²) in [6.45, 7) is 2.77. The maximum absolute atomic E-state index is 12.2. The minimum atomic E-state index is -3.51. The predicted octanol–water partition coefficient (Wildman–Crippen LogP) is 4.60. The number of hydrogen-bond donors (Lipinski definition) is 1. The van der Waals surface area contributed by atoms with Crippen LogP contribution in [0.25, 0.3) is 0 Å². The highest BCUT2D eigenvalue weighted by molar-refractivity contribution is 7.98. The van der Waals surface area contributed by atoms with Crippen LogP contribution in [0.5, 0.6) is 5.75 Å². The molecule has 2 aromatic rings. The molecule has 0 heterocycles. The van der Waals surface area contributed by atoms with Gasteiger partial charge in [-0.15, -0.1) is 0 Å². The Morgan fingerprint density at radius 1 is 1.08 bits per heavy atom. The average molecular weight is 420 g/mol. The van der Waals surface area contributed by atoms with E-state index >= 15 is 0 Å². The first-order valence-electron chi connectivity index (χ1n) is 7.66. The fourth-order valence-corrected chi connectivity index (χ4v) is 4.32. The van der Waals surface area contributed by atoms with E-state index in [1.807, 2.05) is 19.1 Å². The van der Waals surface area contributed by atoms with Gasteiger partial charge >= 0.3 is 0 Å². The molecule has 0 aliphatic heterocycles. The Bertz CT molecular complexity index is 796. The zero-order valence-corrected chi connectivity index (χ0v) is 16.8. The molecule has 0 radical (unpaired) electrons. The van der Waals surface area contributed by atoms with Gasteiger partial charge in [-0.3, -0.25) is 0 Å². The van der Waals surface area contributed by atoms with E-state index in [2.05, 4.69) is 4.72 Å². The minimum absolute atomic E-state index is 0.227. The third kappa shape index (κ3) is 6.38. The fourth-order valence-electron chi connectivity index (χ4n) is 2.03. The zero-order chi connectivity index (χ0) is 18.3. The van der Waals surface area contributed by atoms with Gasteiger partial charge in [-0.2, -0.15) is 11.8 Å². The summed E-state index contributed by atoms with van der Waals surface area (Å²) >= 11 is 13.5. The third-order valence-corrected chi connectivity index (χ3v) is 6.48. The molecule has 0 atom stereocenters. The first kappa shape index (κ1) is 20.4. The molecule has 0 aliphatic carbocycles. The van der Waals surface area contributed by atoms with Crippen LogP contribution < -0.4 is 9.46 Å². The molecule has 2 aromatic carbocycles. The molecular weight excluding hydrogens is 401 g/mol. The summed E-state index contributed by atoms with van der Waals surface area (Å²) in [4.78, 5) is 0.227. The molecule has 0 saturated heterocycles. The Balaban J connectivity index is 1.78. The third-order valence-electron chi connectivity index (χ3n) is 3.24. The van der Waals surface area contributed by atoms with Gasteiger partial charge in [0.15, 0.2) is 0 Å². The summed E-state index contributed by atoms with van der Waals surface area (Å²) in [5.41, 5.74) is 1.05. The molecule has 0 amide bonds. The lowest BCUT2D eigenvalue weighted by molar-refractivity contribution is 0.340. The maximum Gasteiger partial charge on any atom is 0.240 e. The highest BCUT2D eigenvalue weighted by atomic mass is 35.5. The Morgan fingerprint density at radius 3 is 2.44 bits per heavy atom. The summed E-state index contributed by atoms with van der Waals surface area (Å²) in [6.07, 6.45) is 0. The van der Waals surface area contributed by atoms with E-state index in [9.17, 15) is 8.42 Å². The van der Waals surface area contributed by atoms with Crippen molar-refractivity contribution < 1.29 is 13.2 Å². The fraction of sp³-hybridized carbons (Fsp3) is 0.294. The average Bonchev–Trinajstić information content (AvgIpc) is 2.58. The quantitative estimate of drug-likeness (QED) is 0.603. The summed E-state index contributed by atoms with van der Waals surface area (Å²) in [5.74, 6) is 2.04. The SMILES string of the molecule is CCOc1ccc(S(=O)(=O)NCCSCc2ccc(Cl)c(Cl)c2)cc1. The number of nitrogens with one attached hydrogen (secondary N) is 1. The van der Waals surface area contributed by atoms with Gasteiger partial charge in [-0.05, 0) is 48.9 Å². The molecule has 136 valence electrons. The van der Waals surface area contributed by atoms with E-state index in [1.54, 1.807) is 30.0 Å². The summed E-state index contributed by atoms with van der Waals surface area (Å²) in [5, 5.41) is 1.05. The van der Waals surface area contributed by atoms with E-state index in [-0.39, 0.29) is 4.90 Å². The second-order valence-electron chi connectivity index (χ2n) is 5.10. The Labute approximate surface area is 162 Å². The van der Waals surface area contributed by atoms with E-state index in [4.69, 9.17) is 27.9 Å². The van der Waals surface area contributed by atoms with E-state index < -0.39 is 10.0 Å². The van der Waals surface area contributed by atoms with Crippen LogP contribution in [0, 0.1) is 0 Å². The van der Waals surface area contributed by atoms with Crippen LogP contribution >= 0.6 is 35.0 Å². The first-order valence-corrected chi connectivity index (χ1v) is 11.1. The van der Waals surface area contributed by atoms with Gasteiger partial charge in [0.1, 0.15) is 5.75 Å². The van der Waals surface area contributed by atoms with Crippen molar-refractivity contribution in [1.82, 2.24) is 4.72 Å². The van der Waals surface area contributed by atoms with Crippen LogP contribution in [0.4, 0.5) is 0 Å². The van der Waals surface area contributed by atoms with Crippen LogP contribution in [-0.4, -0.2) is 27.3 Å². The van der Waals surface area contributed by atoms with Crippen molar-refractivity contribution in [1.29, 1.82) is 0 Å². The van der Waals surface area contributed by atoms with Gasteiger partial charge in [-0.1, -0.05) is 29.3 Å². The van der Waals surface area contributed by atoms with Crippen LogP contribution in [0.1, 0.15) is 12.5 Å². The Morgan fingerprint density at radius 2 is 1.80 bits per heavy atom. The molecule has 0 spiro atoms. The molecule has 0 aliphatic rings. The van der Waals surface area contributed by atoms with Crippen molar-refractivity contribution in [2.45, 2.75) is 17.6 Å². The number of sulfonamides is 1. The van der Waals surface area contributed by atoms with Gasteiger partial charge < -0.3 is 4.74 Å². The second-order valence-corrected chi connectivity index (χ2v) is 8.79. The number of ether oxygens (including phenoxy) is 1. The van der Waals surface area contributed by atoms with E-state index in [0.717, 1.165) is 11.3 Å². The standard InChI is InChI=1S/C17H19Cl2NO3S2/c1-2-23-14-4-6-15(7-5-14)25(21,22)20-9-10-24-12-13-3-8-16(18)17(19)11-13/h3-8,11,20H,2,9-10,12H2,1H3. The molecule has 4 nitrogen and oxygen atoms in total. The monoisotopic (exact) mass is 419 g/mol. The molecule has 8 heteroatoms. The number of benzene rings is 2. The molecule has 0 aromatic heterocycles. The van der Waals surface area contributed by atoms with E-state index in [1.165, 1.54) is 12.1 Å². The number of halogens is 2. The maximum atomic E-state index is 12.2. The molecule has 25 heavy (non-hydrogen) atoms. The van der Waals surface area contributed by atoms with Crippen molar-refractivity contribution in [2.24, 2.45) is 0 Å². The van der Waals surface area contributed by atoms with Crippen molar-refractivity contribution in [3.63, 3.8) is 0 Å². The highest BCUT2D eigenvalue weighted by Crippen LogP contribution is 2.24. The largest absolute Gasteiger partial charge is 0.494 e. The molecule has 2 rings (SSSR count). The number of thioether (sulfide) groups is 1. The summed E-state index contributed by atoms with van der Waals surface area (Å²) < 4.78 is 32.4. The molecule has 0 bridgehead atoms. The molecular formula is C17H19Cl2NO3S2. The van der Waals surface area contributed by atoms with Gasteiger partial charge in [-0.25, -0.2) is 13.1 Å². The summed E-state index contributed by atoms with van der Waals surface area (Å²) in [6, 6.07) is 11.9. The lowest BCUT2D eigenvalue weighted by atomic mass is 10.2. The van der Waals surface area contributed by atoms with E-state index in [0.29, 0.717) is 34.7 Å². The number of rotatable bonds is 9. The molecule has 0 fully saturated rings. The minimum Gasteiger partial charge on any atom is -0.494 e. The Hall–Kier alpha value is -0.920. The molecule has 1 N–H and O–H groups in total. The highest BCUT2D eigenvalue weighted by Gasteiger charge is 2.13. The van der Waals surface area contributed by atoms with Crippen molar-refractivity contribution in [3.05, 3.63) is 58.1 Å². The molecule has 0 saturated carbocycles. The smallest absolute Gasteiger partial charge is 0.240 e. The van der Waals surface area contributed by atoms with Gasteiger partial charge in [0.05, 0.1) is 21.5 Å². The van der Waals surface area contributed by atoms with Crippen molar-refractivity contribution in [3.8, 4) is 5.75 Å². The summed E-state index contributed by atoms with van der Waals surface area (Å²) in [7, 11) is -3.51. The van der Waals surface area contributed by atoms with Crippen LogP contribution in [0.15, 0.2) is 47.4 Å². The van der Waals surface area contributed by atoms with Crippen LogP contribution in [0.2, 0.25) is 10.0 Å². The zero-order valence-electron chi connectivity index (χ0n) is 13.7. The normalized spacial score (nSPS) is 11.5. The number of hydrogen-bond acceptors (Lipinski definition) is 4. The molecule has 0 unspecified atom stereocenters. The lowest BCUT2D eigenvalue weighted by Gasteiger charge is -2.08. The predicted molar refractivity (Wildman–Crippen MR) is 105 cm³/mol. The Kier molecular flexibility index (Phi) is 7.90. The lowest BCUT2D eigenvalue weighted by Crippen LogP contribution is -2.26. The van der Waals surface area contributed by atoms with Crippen molar-refractivity contribution >= 4 is 45.0 Å². The van der Waals surface area contributed by atoms with Gasteiger partial charge in [0, 0.05) is 18.1 Å². The van der Waals surface area contributed by atoms with Gasteiger partial charge in [0.25, 0.3) is 0 Å². The van der Waals surface area contributed by atoms with Crippen LogP contribution in [0.3, 0.4) is 0 Å². The van der Waals surface area contributed by atoms with Crippen molar-refractivity contribution in [2.75, 3.05) is 18.9 Å². The van der Waals surface area contributed by atoms with Crippen LogP contribution in [-0.2, 0) is 15.8 Å². The topological polar surface area (TPSA) is 55.4 Å². The second kappa shape index (κ2) is 9.69.